The normalized spacial score (nSPS) is 28.7. The Balaban J connectivity index is 1.28. The van der Waals surface area contributed by atoms with E-state index in [1.807, 2.05) is 17.8 Å². The number of fused-ring (bicyclic) bond motifs is 1. The number of benzene rings is 1. The number of aliphatic imine (C=N–C) groups is 1. The molecule has 0 radical (unpaired) electrons. The second kappa shape index (κ2) is 4.75. The van der Waals surface area contributed by atoms with Crippen LogP contribution in [0.5, 0.6) is 5.75 Å². The van der Waals surface area contributed by atoms with Gasteiger partial charge in [0.05, 0.1) is 13.1 Å². The molecule has 3 nitrogen and oxygen atoms in total. The maximum atomic E-state index is 5.93. The van der Waals surface area contributed by atoms with Crippen LogP contribution >= 0.6 is 11.8 Å². The fraction of sp³-hybridized carbons (Fsp3) is 0.533. The number of nitrogens with one attached hydrogen (secondary N) is 1. The minimum atomic E-state index is 0.251. The lowest BCUT2D eigenvalue weighted by molar-refractivity contribution is 0.235. The van der Waals surface area contributed by atoms with Gasteiger partial charge >= 0.3 is 0 Å². The van der Waals surface area contributed by atoms with Gasteiger partial charge in [0.2, 0.25) is 0 Å². The maximum Gasteiger partial charge on any atom is 0.157 e. The van der Waals surface area contributed by atoms with E-state index < -0.39 is 0 Å². The van der Waals surface area contributed by atoms with Crippen molar-refractivity contribution in [1.82, 2.24) is 5.32 Å². The molecule has 0 bridgehead atoms. The molecule has 1 fully saturated rings. The van der Waals surface area contributed by atoms with E-state index in [1.54, 1.807) is 0 Å². The second-order valence-corrected chi connectivity index (χ2v) is 6.80. The Morgan fingerprint density at radius 3 is 3.05 bits per heavy atom. The number of rotatable bonds is 3. The third-order valence-corrected chi connectivity index (χ3v) is 5.35. The first-order valence-corrected chi connectivity index (χ1v) is 7.96. The van der Waals surface area contributed by atoms with Gasteiger partial charge in [-0.2, -0.15) is 0 Å². The standard InChI is InChI=1S/C15H18N2OS/c1-2-4-13-11(3-1)7-12(18-13)8-16-15-17-9-14(19-15)10-5-6-10/h1-4,10,12,14H,5-9H2,(H,16,17). The van der Waals surface area contributed by atoms with E-state index >= 15 is 0 Å². The van der Waals surface area contributed by atoms with Crippen molar-refractivity contribution in [2.75, 3.05) is 13.1 Å². The van der Waals surface area contributed by atoms with Crippen LogP contribution in [0.15, 0.2) is 29.3 Å². The topological polar surface area (TPSA) is 33.6 Å². The first kappa shape index (κ1) is 11.6. The molecule has 1 aromatic rings. The Morgan fingerprint density at radius 1 is 1.32 bits per heavy atom. The van der Waals surface area contributed by atoms with Crippen LogP contribution in [-0.4, -0.2) is 29.6 Å². The van der Waals surface area contributed by atoms with Crippen LogP contribution in [0.3, 0.4) is 0 Å². The zero-order chi connectivity index (χ0) is 12.7. The van der Waals surface area contributed by atoms with Gasteiger partial charge in [-0.15, -0.1) is 0 Å². The lowest BCUT2D eigenvalue weighted by Gasteiger charge is -2.13. The monoisotopic (exact) mass is 274 g/mol. The fourth-order valence-electron chi connectivity index (χ4n) is 2.77. The molecule has 2 aliphatic heterocycles. The molecule has 0 saturated heterocycles. The highest BCUT2D eigenvalue weighted by molar-refractivity contribution is 8.14. The molecule has 2 heterocycles. The third kappa shape index (κ3) is 2.46. The second-order valence-electron chi connectivity index (χ2n) is 5.57. The smallest absolute Gasteiger partial charge is 0.157 e. The van der Waals surface area contributed by atoms with Gasteiger partial charge in [-0.3, -0.25) is 4.99 Å². The van der Waals surface area contributed by atoms with E-state index in [1.165, 1.54) is 18.4 Å². The molecule has 100 valence electrons. The minimum Gasteiger partial charge on any atom is -0.488 e. The highest BCUT2D eigenvalue weighted by Crippen LogP contribution is 2.41. The van der Waals surface area contributed by atoms with E-state index in [4.69, 9.17) is 4.74 Å². The molecule has 0 amide bonds. The van der Waals surface area contributed by atoms with Crippen LogP contribution in [0.1, 0.15) is 18.4 Å². The molecule has 4 heteroatoms. The molecular formula is C15H18N2OS. The molecule has 19 heavy (non-hydrogen) atoms. The zero-order valence-electron chi connectivity index (χ0n) is 10.8. The average molecular weight is 274 g/mol. The van der Waals surface area contributed by atoms with Gasteiger partial charge in [0.25, 0.3) is 0 Å². The Labute approximate surface area is 117 Å². The van der Waals surface area contributed by atoms with Crippen LogP contribution in [-0.2, 0) is 6.42 Å². The Hall–Kier alpha value is -1.16. The number of hydrogen-bond acceptors (Lipinski definition) is 4. The van der Waals surface area contributed by atoms with E-state index in [2.05, 4.69) is 28.5 Å². The Morgan fingerprint density at radius 2 is 2.21 bits per heavy atom. The molecule has 3 aliphatic rings. The van der Waals surface area contributed by atoms with Gasteiger partial charge in [0.15, 0.2) is 5.17 Å². The summed E-state index contributed by atoms with van der Waals surface area (Å²) in [6.45, 7) is 1.86. The van der Waals surface area contributed by atoms with Gasteiger partial charge in [0, 0.05) is 11.7 Å². The number of para-hydroxylation sites is 1. The van der Waals surface area contributed by atoms with Gasteiger partial charge < -0.3 is 10.1 Å². The van der Waals surface area contributed by atoms with Crippen molar-refractivity contribution < 1.29 is 4.74 Å². The molecule has 2 unspecified atom stereocenters. The molecule has 1 aliphatic carbocycles. The summed E-state index contributed by atoms with van der Waals surface area (Å²) in [5, 5.41) is 5.32. The summed E-state index contributed by atoms with van der Waals surface area (Å²) >= 11 is 1.93. The number of ether oxygens (including phenoxy) is 1. The predicted octanol–water partition coefficient (Wildman–Crippen LogP) is 2.46. The van der Waals surface area contributed by atoms with Gasteiger partial charge in [-0.1, -0.05) is 30.0 Å². The quantitative estimate of drug-likeness (QED) is 0.919. The lowest BCUT2D eigenvalue weighted by Crippen LogP contribution is -2.32. The van der Waals surface area contributed by atoms with Crippen molar-refractivity contribution in [3.63, 3.8) is 0 Å². The van der Waals surface area contributed by atoms with Crippen molar-refractivity contribution in [3.05, 3.63) is 29.8 Å². The summed E-state index contributed by atoms with van der Waals surface area (Å²) in [6, 6.07) is 8.32. The molecule has 2 atom stereocenters. The largest absolute Gasteiger partial charge is 0.488 e. The molecule has 1 N–H and O–H groups in total. The number of hydrogen-bond donors (Lipinski definition) is 1. The van der Waals surface area contributed by atoms with Crippen molar-refractivity contribution in [2.45, 2.75) is 30.6 Å². The summed E-state index contributed by atoms with van der Waals surface area (Å²) in [4.78, 5) is 4.60. The van der Waals surface area contributed by atoms with Crippen molar-refractivity contribution in [3.8, 4) is 5.75 Å². The van der Waals surface area contributed by atoms with E-state index in [9.17, 15) is 0 Å². The van der Waals surface area contributed by atoms with Gasteiger partial charge in [-0.05, 0) is 30.4 Å². The van der Waals surface area contributed by atoms with E-state index in [0.29, 0.717) is 0 Å². The van der Waals surface area contributed by atoms with Crippen molar-refractivity contribution in [1.29, 1.82) is 0 Å². The van der Waals surface area contributed by atoms with Crippen LogP contribution in [0, 0.1) is 5.92 Å². The first-order valence-electron chi connectivity index (χ1n) is 7.08. The van der Waals surface area contributed by atoms with Crippen molar-refractivity contribution >= 4 is 16.9 Å². The molecule has 1 aromatic carbocycles. The summed E-state index contributed by atoms with van der Waals surface area (Å²) < 4.78 is 5.93. The molecule has 0 spiro atoms. The SMILES string of the molecule is c1ccc2c(c1)CC(CNC1=NCC(C3CC3)S1)O2. The summed E-state index contributed by atoms with van der Waals surface area (Å²) in [7, 11) is 0. The third-order valence-electron chi connectivity index (χ3n) is 4.02. The predicted molar refractivity (Wildman–Crippen MR) is 79.0 cm³/mol. The van der Waals surface area contributed by atoms with Crippen molar-refractivity contribution in [2.24, 2.45) is 10.9 Å². The fourth-order valence-corrected chi connectivity index (χ4v) is 3.99. The highest BCUT2D eigenvalue weighted by Gasteiger charge is 2.35. The summed E-state index contributed by atoms with van der Waals surface area (Å²) in [5.41, 5.74) is 1.33. The molecule has 1 saturated carbocycles. The lowest BCUT2D eigenvalue weighted by atomic mass is 10.1. The number of nitrogens with zero attached hydrogens (tertiary/aromatic N) is 1. The minimum absolute atomic E-state index is 0.251. The Bertz CT molecular complexity index is 488. The highest BCUT2D eigenvalue weighted by atomic mass is 32.2. The summed E-state index contributed by atoms with van der Waals surface area (Å²) in [6.07, 6.45) is 4.07. The van der Waals surface area contributed by atoms with Crippen LogP contribution in [0.2, 0.25) is 0 Å². The van der Waals surface area contributed by atoms with Crippen LogP contribution in [0.4, 0.5) is 0 Å². The Kier molecular flexibility index (Phi) is 2.91. The van der Waals surface area contributed by atoms with Gasteiger partial charge in [-0.25, -0.2) is 0 Å². The molecular weight excluding hydrogens is 256 g/mol. The van der Waals surface area contributed by atoms with Gasteiger partial charge in [0.1, 0.15) is 11.9 Å². The molecule has 4 rings (SSSR count). The average Bonchev–Trinajstić information content (AvgIpc) is 3.03. The van der Waals surface area contributed by atoms with Crippen LogP contribution in [0.25, 0.3) is 0 Å². The number of thioether (sulfide) groups is 1. The summed E-state index contributed by atoms with van der Waals surface area (Å²) in [5.74, 6) is 1.98. The van der Waals surface area contributed by atoms with Crippen LogP contribution < -0.4 is 10.1 Å². The number of amidine groups is 1. The maximum absolute atomic E-state index is 5.93. The zero-order valence-corrected chi connectivity index (χ0v) is 11.7. The van der Waals surface area contributed by atoms with E-state index in [0.717, 1.165) is 41.6 Å². The molecule has 0 aromatic heterocycles. The first-order chi connectivity index (χ1) is 9.38. The van der Waals surface area contributed by atoms with E-state index in [-0.39, 0.29) is 6.10 Å².